The lowest BCUT2D eigenvalue weighted by molar-refractivity contribution is 1.46. The highest BCUT2D eigenvalue weighted by Crippen LogP contribution is 2.12. The molecule has 0 bridgehead atoms. The summed E-state index contributed by atoms with van der Waals surface area (Å²) in [6.45, 7) is 2.10. The van der Waals surface area contributed by atoms with Gasteiger partial charge in [0.2, 0.25) is 0 Å². The first-order valence-corrected chi connectivity index (χ1v) is 5.34. The molecule has 0 aliphatic heterocycles. The van der Waals surface area contributed by atoms with Gasteiger partial charge in [-0.25, -0.2) is 0 Å². The van der Waals surface area contributed by atoms with Gasteiger partial charge >= 0.3 is 0 Å². The molecule has 0 amide bonds. The molecule has 1 heteroatoms. The number of nitrogens with two attached hydrogens (primary N) is 1. The predicted molar refractivity (Wildman–Crippen MR) is 71.0 cm³/mol. The van der Waals surface area contributed by atoms with Gasteiger partial charge in [0.15, 0.2) is 0 Å². The molecule has 0 fully saturated rings. The van der Waals surface area contributed by atoms with E-state index in [1.54, 1.807) is 0 Å². The molecule has 0 aromatic heterocycles. The summed E-state index contributed by atoms with van der Waals surface area (Å²) in [5.41, 5.74) is 10.1. The number of hydrogen-bond donors (Lipinski definition) is 1. The SMILES string of the molecule is Cc1cccc(/C=C/c2cccc(N)c2)c1. The van der Waals surface area contributed by atoms with Gasteiger partial charge in [0.25, 0.3) is 0 Å². The number of aryl methyl sites for hydroxylation is 1. The summed E-state index contributed by atoms with van der Waals surface area (Å²) in [6.07, 6.45) is 4.17. The summed E-state index contributed by atoms with van der Waals surface area (Å²) >= 11 is 0. The maximum Gasteiger partial charge on any atom is 0.0319 e. The summed E-state index contributed by atoms with van der Waals surface area (Å²) in [5, 5.41) is 0. The molecule has 0 unspecified atom stereocenters. The van der Waals surface area contributed by atoms with E-state index in [1.165, 1.54) is 11.1 Å². The van der Waals surface area contributed by atoms with Crippen LogP contribution in [0.4, 0.5) is 5.69 Å². The monoisotopic (exact) mass is 209 g/mol. The van der Waals surface area contributed by atoms with E-state index in [9.17, 15) is 0 Å². The maximum absolute atomic E-state index is 5.72. The van der Waals surface area contributed by atoms with Crippen molar-refractivity contribution < 1.29 is 0 Å². The van der Waals surface area contributed by atoms with E-state index in [0.29, 0.717) is 0 Å². The fraction of sp³-hybridized carbons (Fsp3) is 0.0667. The van der Waals surface area contributed by atoms with Crippen LogP contribution in [-0.4, -0.2) is 0 Å². The summed E-state index contributed by atoms with van der Waals surface area (Å²) < 4.78 is 0. The highest BCUT2D eigenvalue weighted by atomic mass is 14.5. The topological polar surface area (TPSA) is 26.0 Å². The quantitative estimate of drug-likeness (QED) is 0.591. The summed E-state index contributed by atoms with van der Waals surface area (Å²) in [4.78, 5) is 0. The van der Waals surface area contributed by atoms with Gasteiger partial charge in [-0.1, -0.05) is 54.1 Å². The largest absolute Gasteiger partial charge is 0.399 e. The Morgan fingerprint density at radius 1 is 0.875 bits per heavy atom. The zero-order chi connectivity index (χ0) is 11.4. The zero-order valence-corrected chi connectivity index (χ0v) is 9.35. The lowest BCUT2D eigenvalue weighted by Crippen LogP contribution is -1.83. The first kappa shape index (κ1) is 10.5. The Morgan fingerprint density at radius 3 is 2.12 bits per heavy atom. The molecule has 0 aliphatic carbocycles. The number of anilines is 1. The third kappa shape index (κ3) is 2.74. The second-order valence-electron chi connectivity index (χ2n) is 3.92. The van der Waals surface area contributed by atoms with Crippen LogP contribution in [0, 0.1) is 6.92 Å². The smallest absolute Gasteiger partial charge is 0.0319 e. The number of rotatable bonds is 2. The van der Waals surface area contributed by atoms with Crippen LogP contribution in [0.5, 0.6) is 0 Å². The minimum absolute atomic E-state index is 0.798. The van der Waals surface area contributed by atoms with Crippen LogP contribution in [0.1, 0.15) is 16.7 Å². The fourth-order valence-electron chi connectivity index (χ4n) is 1.63. The molecule has 0 aliphatic rings. The van der Waals surface area contributed by atoms with E-state index in [0.717, 1.165) is 11.3 Å². The molecule has 2 N–H and O–H groups in total. The minimum atomic E-state index is 0.798. The Hall–Kier alpha value is -2.02. The summed E-state index contributed by atoms with van der Waals surface area (Å²) in [5.74, 6) is 0. The Bertz CT molecular complexity index is 465. The van der Waals surface area contributed by atoms with E-state index in [4.69, 9.17) is 5.73 Å². The van der Waals surface area contributed by atoms with Crippen molar-refractivity contribution in [2.24, 2.45) is 0 Å². The first-order chi connectivity index (χ1) is 7.74. The normalized spacial score (nSPS) is 10.8. The van der Waals surface area contributed by atoms with Crippen LogP contribution in [0.3, 0.4) is 0 Å². The Kier molecular flexibility index (Phi) is 3.06. The molecule has 0 saturated carbocycles. The molecule has 2 aromatic carbocycles. The van der Waals surface area contributed by atoms with Crippen molar-refractivity contribution in [2.45, 2.75) is 6.92 Å². The van der Waals surface area contributed by atoms with Gasteiger partial charge in [0, 0.05) is 5.69 Å². The molecule has 2 aromatic rings. The minimum Gasteiger partial charge on any atom is -0.399 e. The van der Waals surface area contributed by atoms with Gasteiger partial charge in [0.05, 0.1) is 0 Å². The Morgan fingerprint density at radius 2 is 1.50 bits per heavy atom. The van der Waals surface area contributed by atoms with Crippen molar-refractivity contribution in [2.75, 3.05) is 5.73 Å². The van der Waals surface area contributed by atoms with E-state index in [2.05, 4.69) is 43.3 Å². The maximum atomic E-state index is 5.72. The van der Waals surface area contributed by atoms with Gasteiger partial charge in [-0.3, -0.25) is 0 Å². The average Bonchev–Trinajstić information content (AvgIpc) is 2.27. The van der Waals surface area contributed by atoms with Gasteiger partial charge < -0.3 is 5.73 Å². The number of nitrogen functional groups attached to an aromatic ring is 1. The molecule has 0 atom stereocenters. The molecular formula is C15H15N. The Labute approximate surface area is 96.2 Å². The predicted octanol–water partition coefficient (Wildman–Crippen LogP) is 3.75. The van der Waals surface area contributed by atoms with Crippen molar-refractivity contribution >= 4 is 17.8 Å². The van der Waals surface area contributed by atoms with Gasteiger partial charge in [-0.2, -0.15) is 0 Å². The molecule has 16 heavy (non-hydrogen) atoms. The van der Waals surface area contributed by atoms with Crippen LogP contribution in [-0.2, 0) is 0 Å². The van der Waals surface area contributed by atoms with Gasteiger partial charge in [-0.05, 0) is 30.2 Å². The highest BCUT2D eigenvalue weighted by Gasteiger charge is 1.89. The Balaban J connectivity index is 2.21. The summed E-state index contributed by atoms with van der Waals surface area (Å²) in [6, 6.07) is 16.3. The molecule has 0 radical (unpaired) electrons. The van der Waals surface area contributed by atoms with Gasteiger partial charge in [0.1, 0.15) is 0 Å². The third-order valence-corrected chi connectivity index (χ3v) is 2.42. The lowest BCUT2D eigenvalue weighted by Gasteiger charge is -1.97. The van der Waals surface area contributed by atoms with Crippen LogP contribution >= 0.6 is 0 Å². The molecule has 0 spiro atoms. The van der Waals surface area contributed by atoms with Crippen LogP contribution in [0.25, 0.3) is 12.2 Å². The van der Waals surface area contributed by atoms with Crippen molar-refractivity contribution in [3.8, 4) is 0 Å². The number of hydrogen-bond acceptors (Lipinski definition) is 1. The van der Waals surface area contributed by atoms with E-state index in [1.807, 2.05) is 24.3 Å². The van der Waals surface area contributed by atoms with E-state index in [-0.39, 0.29) is 0 Å². The summed E-state index contributed by atoms with van der Waals surface area (Å²) in [7, 11) is 0. The zero-order valence-electron chi connectivity index (χ0n) is 9.35. The van der Waals surface area contributed by atoms with Crippen molar-refractivity contribution in [1.29, 1.82) is 0 Å². The molecule has 2 rings (SSSR count). The van der Waals surface area contributed by atoms with Crippen molar-refractivity contribution in [3.05, 3.63) is 65.2 Å². The van der Waals surface area contributed by atoms with Crippen LogP contribution < -0.4 is 5.73 Å². The van der Waals surface area contributed by atoms with Gasteiger partial charge in [-0.15, -0.1) is 0 Å². The third-order valence-electron chi connectivity index (χ3n) is 2.42. The van der Waals surface area contributed by atoms with Crippen LogP contribution in [0.2, 0.25) is 0 Å². The first-order valence-electron chi connectivity index (χ1n) is 5.34. The fourth-order valence-corrected chi connectivity index (χ4v) is 1.63. The average molecular weight is 209 g/mol. The highest BCUT2D eigenvalue weighted by molar-refractivity contribution is 5.71. The molecule has 80 valence electrons. The molecule has 1 nitrogen and oxygen atoms in total. The number of benzene rings is 2. The molecule has 0 heterocycles. The van der Waals surface area contributed by atoms with Crippen molar-refractivity contribution in [3.63, 3.8) is 0 Å². The standard InChI is InChI=1S/C15H15N/c1-12-4-2-5-13(10-12)8-9-14-6-3-7-15(16)11-14/h2-11H,16H2,1H3/b9-8+. The van der Waals surface area contributed by atoms with Crippen molar-refractivity contribution in [1.82, 2.24) is 0 Å². The second-order valence-corrected chi connectivity index (χ2v) is 3.92. The van der Waals surface area contributed by atoms with E-state index >= 15 is 0 Å². The van der Waals surface area contributed by atoms with Crippen LogP contribution in [0.15, 0.2) is 48.5 Å². The molecular weight excluding hydrogens is 194 g/mol. The second kappa shape index (κ2) is 4.67. The lowest BCUT2D eigenvalue weighted by atomic mass is 10.1. The molecule has 0 saturated heterocycles. The van der Waals surface area contributed by atoms with E-state index < -0.39 is 0 Å².